The predicted octanol–water partition coefficient (Wildman–Crippen LogP) is 5.59. The van der Waals surface area contributed by atoms with Gasteiger partial charge in [-0.05, 0) is 58.7 Å². The number of cyclic esters (lactones) is 1. The fraction of sp³-hybridized carbons (Fsp3) is 0.676. The molecule has 15 heteroatoms. The molecule has 1 radical (unpaired) electrons. The first-order valence-electron chi connectivity index (χ1n) is 16.6. The summed E-state index contributed by atoms with van der Waals surface area (Å²) in [6.07, 6.45) is 6.87. The van der Waals surface area contributed by atoms with Crippen molar-refractivity contribution in [1.82, 2.24) is 9.62 Å². The maximum absolute atomic E-state index is 13.7. The van der Waals surface area contributed by atoms with Gasteiger partial charge in [-0.2, -0.15) is 0 Å². The van der Waals surface area contributed by atoms with E-state index in [-0.39, 0.29) is 64.8 Å². The molecule has 0 bridgehead atoms. The van der Waals surface area contributed by atoms with Crippen LogP contribution in [-0.2, 0) is 35.1 Å². The molecule has 2 rings (SSSR count). The van der Waals surface area contributed by atoms with Gasteiger partial charge in [0.2, 0.25) is 0 Å². The van der Waals surface area contributed by atoms with Crippen molar-refractivity contribution in [3.8, 4) is 5.75 Å². The van der Waals surface area contributed by atoms with Gasteiger partial charge in [0.25, 0.3) is 11.8 Å². The smallest absolute Gasteiger partial charge is 0.418 e. The van der Waals surface area contributed by atoms with Crippen molar-refractivity contribution in [3.05, 3.63) is 23.8 Å². The quantitative estimate of drug-likeness (QED) is 0.0728. The molecule has 3 amide bonds. The summed E-state index contributed by atoms with van der Waals surface area (Å²) in [6, 6.07) is 2.30. The summed E-state index contributed by atoms with van der Waals surface area (Å²) in [6.45, 7) is 13.0. The molecule has 1 aliphatic rings. The van der Waals surface area contributed by atoms with Crippen molar-refractivity contribution < 1.29 is 88.2 Å². The summed E-state index contributed by atoms with van der Waals surface area (Å²) in [5.74, 6) is -3.14. The van der Waals surface area contributed by atoms with E-state index in [1.54, 1.807) is 34.6 Å². The summed E-state index contributed by atoms with van der Waals surface area (Å²) in [7, 11) is 0. The van der Waals surface area contributed by atoms with Gasteiger partial charge >= 0.3 is 12.1 Å². The molecule has 49 heavy (non-hydrogen) atoms. The van der Waals surface area contributed by atoms with Gasteiger partial charge in [-0.25, -0.2) is 19.2 Å². The van der Waals surface area contributed by atoms with Gasteiger partial charge in [-0.1, -0.05) is 72.6 Å². The molecule has 0 aromatic heterocycles. The third-order valence-electron chi connectivity index (χ3n) is 7.69. The fourth-order valence-corrected chi connectivity index (χ4v) is 5.39. The average Bonchev–Trinajstić information content (AvgIpc) is 3.18. The number of amides is 3. The molecule has 1 aromatic rings. The van der Waals surface area contributed by atoms with Crippen molar-refractivity contribution in [2.45, 2.75) is 137 Å². The van der Waals surface area contributed by atoms with Crippen LogP contribution in [0.5, 0.6) is 5.75 Å². The van der Waals surface area contributed by atoms with Crippen LogP contribution in [0.4, 0.5) is 10.5 Å². The first-order chi connectivity index (χ1) is 22.4. The first kappa shape index (κ1) is 45.0. The molecule has 3 unspecified atom stereocenters. The average molecular weight is 836 g/mol. The van der Waals surface area contributed by atoms with Crippen LogP contribution >= 0.6 is 0 Å². The second-order valence-corrected chi connectivity index (χ2v) is 14.6. The number of carbonyl (C=O) groups is 5. The van der Waals surface area contributed by atoms with Crippen LogP contribution < -0.4 is 14.8 Å². The van der Waals surface area contributed by atoms with Crippen LogP contribution in [0.25, 0.3) is 0 Å². The Balaban J connectivity index is 0.0000120. The molecular weight excluding hydrogens is 783 g/mol. The number of benzene rings is 1. The zero-order chi connectivity index (χ0) is 36.2. The molecule has 0 aliphatic carbocycles. The van der Waals surface area contributed by atoms with Crippen LogP contribution in [0.1, 0.15) is 124 Å². The van der Waals surface area contributed by atoms with Crippen LogP contribution in [-0.4, -0.2) is 73.7 Å². The van der Waals surface area contributed by atoms with Crippen LogP contribution in [0.15, 0.2) is 18.2 Å². The van der Waals surface area contributed by atoms with Gasteiger partial charge in [-0.3, -0.25) is 18.6 Å². The molecule has 1 aliphatic heterocycles. The van der Waals surface area contributed by atoms with E-state index < -0.39 is 70.2 Å². The number of hydrogen-bond donors (Lipinski definition) is 2. The monoisotopic (exact) mass is 835 g/mol. The Hall–Kier alpha value is -2.00. The third-order valence-corrected chi connectivity index (χ3v) is 8.09. The van der Waals surface area contributed by atoms with Crippen LogP contribution in [0.2, 0.25) is 0 Å². The SMILES string of the molecule is CCCCCCCCCCC(CNS(=O)[O-])OC(=O)c1ccc(NC(=O)C(C(=O)C(C)(C)C)N2C(=O)OC(C)(C)C2=O)c(OC(C)C)c1.[Pr]. The molecule has 2 N–H and O–H groups in total. The number of hydrogen-bond acceptors (Lipinski definition) is 10. The maximum Gasteiger partial charge on any atom is 0.418 e. The minimum Gasteiger partial charge on any atom is -0.760 e. The zero-order valence-electron chi connectivity index (χ0n) is 30.1. The minimum absolute atomic E-state index is 0. The Kier molecular flexibility index (Phi) is 19.1. The van der Waals surface area contributed by atoms with E-state index >= 15 is 0 Å². The number of carbonyl (C=O) groups excluding carboxylic acids is 5. The Bertz CT molecular complexity index is 1330. The number of ether oxygens (including phenoxy) is 3. The summed E-state index contributed by atoms with van der Waals surface area (Å²) in [4.78, 5) is 66.7. The van der Waals surface area contributed by atoms with E-state index in [1.807, 2.05) is 0 Å². The largest absolute Gasteiger partial charge is 0.760 e. The number of imide groups is 1. The summed E-state index contributed by atoms with van der Waals surface area (Å²) in [5.41, 5.74) is -2.52. The number of nitrogens with zero attached hydrogens (tertiary/aromatic N) is 1. The standard InChI is InChI=1S/C34H53N3O10S.Pr/c1-9-10-11-12-13-14-15-16-17-24(21-35-48(43)44)46-30(40)23-18-19-25(26(20-23)45-22(2)3)36-29(39)27(28(38)33(4,5)6)37-31(41)34(7,8)47-32(37)42;/h18-20,22,24,27,35H,9-17,21H2,1-8H3,(H,36,39)(H,43,44);/p-1. The molecule has 13 nitrogen and oxygen atoms in total. The molecule has 1 heterocycles. The number of rotatable bonds is 20. The van der Waals surface area contributed by atoms with E-state index in [4.69, 9.17) is 14.2 Å². The maximum atomic E-state index is 13.7. The van der Waals surface area contributed by atoms with Gasteiger partial charge in [0, 0.05) is 64.5 Å². The van der Waals surface area contributed by atoms with Crippen LogP contribution in [0.3, 0.4) is 0 Å². The number of anilines is 1. The van der Waals surface area contributed by atoms with Gasteiger partial charge in [0.05, 0.1) is 17.4 Å². The van der Waals surface area contributed by atoms with E-state index in [0.29, 0.717) is 11.3 Å². The second kappa shape index (κ2) is 20.8. The normalized spacial score (nSPS) is 16.0. The predicted molar refractivity (Wildman–Crippen MR) is 180 cm³/mol. The van der Waals surface area contributed by atoms with Crippen molar-refractivity contribution >= 4 is 46.6 Å². The van der Waals surface area contributed by atoms with Crippen molar-refractivity contribution in [2.24, 2.45) is 5.41 Å². The van der Waals surface area contributed by atoms with Gasteiger partial charge in [-0.15, -0.1) is 0 Å². The Morgan fingerprint density at radius 1 is 1.02 bits per heavy atom. The van der Waals surface area contributed by atoms with E-state index in [1.165, 1.54) is 57.7 Å². The molecule has 1 aromatic carbocycles. The Morgan fingerprint density at radius 2 is 1.61 bits per heavy atom. The number of nitrogens with one attached hydrogen (secondary N) is 2. The summed E-state index contributed by atoms with van der Waals surface area (Å²) >= 11 is -2.53. The topological polar surface area (TPSA) is 180 Å². The molecular formula is C34H52N3O10PrS-. The molecule has 1 saturated heterocycles. The summed E-state index contributed by atoms with van der Waals surface area (Å²) in [5, 5.41) is 2.59. The third kappa shape index (κ3) is 14.3. The molecule has 1 fully saturated rings. The molecule has 3 atom stereocenters. The first-order valence-corrected chi connectivity index (χ1v) is 17.7. The second-order valence-electron chi connectivity index (χ2n) is 13.8. The number of ketones is 1. The molecule has 273 valence electrons. The molecule has 0 spiro atoms. The van der Waals surface area contributed by atoms with Crippen molar-refractivity contribution in [2.75, 3.05) is 11.9 Å². The molecule has 0 saturated carbocycles. The fourth-order valence-electron chi connectivity index (χ4n) is 5.06. The zero-order valence-corrected chi connectivity index (χ0v) is 34.6. The Morgan fingerprint density at radius 3 is 2.12 bits per heavy atom. The van der Waals surface area contributed by atoms with E-state index in [9.17, 15) is 32.7 Å². The number of Topliss-reactive ketones (excluding diaryl/α,β-unsaturated/α-hetero) is 1. The number of esters is 1. The minimum atomic E-state index is -2.53. The van der Waals surface area contributed by atoms with E-state index in [0.717, 1.165) is 25.7 Å². The summed E-state index contributed by atoms with van der Waals surface area (Å²) < 4.78 is 41.3. The van der Waals surface area contributed by atoms with Gasteiger partial charge in [0.1, 0.15) is 11.9 Å². The van der Waals surface area contributed by atoms with Crippen LogP contribution in [0, 0.1) is 46.7 Å². The van der Waals surface area contributed by atoms with Gasteiger partial charge < -0.3 is 24.1 Å². The Labute approximate surface area is 326 Å². The van der Waals surface area contributed by atoms with Crippen molar-refractivity contribution in [3.63, 3.8) is 0 Å². The van der Waals surface area contributed by atoms with Gasteiger partial charge in [0.15, 0.2) is 17.4 Å². The van der Waals surface area contributed by atoms with E-state index in [2.05, 4.69) is 17.0 Å². The number of unbranched alkanes of at least 4 members (excludes halogenated alkanes) is 7. The van der Waals surface area contributed by atoms with Crippen molar-refractivity contribution in [1.29, 1.82) is 0 Å².